The second kappa shape index (κ2) is 16.2. The van der Waals surface area contributed by atoms with Gasteiger partial charge in [-0.15, -0.1) is 0 Å². The molecule has 7 aliphatic rings. The molecule has 14 atom stereocenters. The monoisotopic (exact) mass is 752 g/mol. The van der Waals surface area contributed by atoms with E-state index in [1.165, 1.54) is 25.3 Å². The first-order chi connectivity index (χ1) is 25.8. The van der Waals surface area contributed by atoms with Crippen LogP contribution in [-0.4, -0.2) is 102 Å². The summed E-state index contributed by atoms with van der Waals surface area (Å²) in [6, 6.07) is 0. The molecule has 1 saturated carbocycles. The molecule has 4 fully saturated rings. The quantitative estimate of drug-likeness (QED) is 0.275. The molecule has 1 spiro atoms. The molecule has 0 aromatic rings. The van der Waals surface area contributed by atoms with Crippen LogP contribution in [0.4, 0.5) is 0 Å². The van der Waals surface area contributed by atoms with E-state index in [2.05, 4.69) is 19.1 Å². The van der Waals surface area contributed by atoms with E-state index in [1.807, 2.05) is 39.0 Å². The third kappa shape index (κ3) is 7.77. The lowest BCUT2D eigenvalue weighted by atomic mass is 9.71. The van der Waals surface area contributed by atoms with Crippen LogP contribution in [0.1, 0.15) is 92.4 Å². The lowest BCUT2D eigenvalue weighted by Gasteiger charge is -2.49. The number of allylic oxidation sites excluding steroid dienone is 2. The second-order valence-corrected chi connectivity index (χ2v) is 16.9. The minimum Gasteiger partial charge on any atom is -0.462 e. The lowest BCUT2D eigenvalue weighted by Crippen LogP contribution is -2.57. The molecule has 11 heteroatoms. The molecule has 298 valence electrons. The van der Waals surface area contributed by atoms with Crippen molar-refractivity contribution in [2.75, 3.05) is 13.7 Å². The molecule has 11 nitrogen and oxygen atoms in total. The number of rotatable bonds is 4. The summed E-state index contributed by atoms with van der Waals surface area (Å²) in [5.41, 5.74) is -0.150. The van der Waals surface area contributed by atoms with Crippen molar-refractivity contribution >= 4 is 11.8 Å². The van der Waals surface area contributed by atoms with Gasteiger partial charge in [-0.3, -0.25) is 9.59 Å². The molecule has 0 aromatic heterocycles. The summed E-state index contributed by atoms with van der Waals surface area (Å²) in [6.07, 6.45) is 16.0. The smallest absolute Gasteiger partial charge is 0.316 e. The van der Waals surface area contributed by atoms with E-state index >= 15 is 0 Å². The van der Waals surface area contributed by atoms with Crippen molar-refractivity contribution in [3.8, 4) is 0 Å². The Labute approximate surface area is 319 Å². The highest BCUT2D eigenvalue weighted by molar-refractivity contribution is 6.03. The molecular formula is C43H60O11. The number of carbonyl (C=O) groups is 2. The Morgan fingerprint density at radius 1 is 0.963 bits per heavy atom. The van der Waals surface area contributed by atoms with Crippen LogP contribution in [0.3, 0.4) is 0 Å². The average molecular weight is 753 g/mol. The highest BCUT2D eigenvalue weighted by Gasteiger charge is 2.60. The van der Waals surface area contributed by atoms with E-state index in [0.29, 0.717) is 42.7 Å². The zero-order chi connectivity index (χ0) is 38.4. The highest BCUT2D eigenvalue weighted by atomic mass is 16.7. The van der Waals surface area contributed by atoms with E-state index < -0.39 is 66.2 Å². The van der Waals surface area contributed by atoms with Gasteiger partial charge in [-0.05, 0) is 68.7 Å². The van der Waals surface area contributed by atoms with Gasteiger partial charge in [-0.2, -0.15) is 0 Å². The maximum atomic E-state index is 14.3. The highest BCUT2D eigenvalue weighted by Crippen LogP contribution is 2.46. The number of hydrogen-bond acceptors (Lipinski definition) is 11. The molecule has 2 N–H and O–H groups in total. The number of carbonyl (C=O) groups excluding carboxylic acids is 2. The average Bonchev–Trinajstić information content (AvgIpc) is 3.49. The fraction of sp³-hybridized carbons (Fsp3) is 0.721. The van der Waals surface area contributed by atoms with Crippen LogP contribution < -0.4 is 0 Å². The van der Waals surface area contributed by atoms with Gasteiger partial charge in [0, 0.05) is 38.2 Å². The molecule has 0 unspecified atom stereocenters. The number of esters is 1. The minimum atomic E-state index is -1.91. The summed E-state index contributed by atoms with van der Waals surface area (Å²) in [7, 11) is 1.58. The molecular weight excluding hydrogens is 692 g/mol. The Bertz CT molecular complexity index is 1560. The molecule has 0 aromatic carbocycles. The summed E-state index contributed by atoms with van der Waals surface area (Å²) in [5.74, 6) is -2.70. The van der Waals surface area contributed by atoms with Crippen LogP contribution in [0.2, 0.25) is 0 Å². The number of ether oxygens (including phenoxy) is 7. The largest absolute Gasteiger partial charge is 0.462 e. The minimum absolute atomic E-state index is 0.00818. The number of methoxy groups -OCH3 is 1. The first kappa shape index (κ1) is 39.7. The third-order valence-corrected chi connectivity index (χ3v) is 13.0. The lowest BCUT2D eigenvalue weighted by molar-refractivity contribution is -0.301. The summed E-state index contributed by atoms with van der Waals surface area (Å²) in [6.45, 7) is 9.73. The van der Waals surface area contributed by atoms with Crippen molar-refractivity contribution in [2.45, 2.75) is 159 Å². The van der Waals surface area contributed by atoms with Gasteiger partial charge in [0.25, 0.3) is 0 Å². The molecule has 54 heavy (non-hydrogen) atoms. The van der Waals surface area contributed by atoms with Gasteiger partial charge in [-0.1, -0.05) is 69.6 Å². The zero-order valence-electron chi connectivity index (χ0n) is 32.7. The molecule has 7 rings (SSSR count). The van der Waals surface area contributed by atoms with Crippen LogP contribution in [0.25, 0.3) is 0 Å². The van der Waals surface area contributed by atoms with E-state index in [1.54, 1.807) is 20.1 Å². The number of fused-ring (bicyclic) bond motifs is 2. The predicted octanol–water partition coefficient (Wildman–Crippen LogP) is 5.58. The Kier molecular flexibility index (Phi) is 11.9. The van der Waals surface area contributed by atoms with Crippen LogP contribution in [0.15, 0.2) is 59.3 Å². The molecule has 2 bridgehead atoms. The van der Waals surface area contributed by atoms with Crippen molar-refractivity contribution < 1.29 is 53.0 Å². The van der Waals surface area contributed by atoms with E-state index in [9.17, 15) is 19.8 Å². The van der Waals surface area contributed by atoms with Crippen LogP contribution in [0, 0.1) is 23.7 Å². The molecule has 3 saturated heterocycles. The second-order valence-electron chi connectivity index (χ2n) is 16.9. The van der Waals surface area contributed by atoms with Crippen molar-refractivity contribution in [1.82, 2.24) is 0 Å². The van der Waals surface area contributed by atoms with Crippen molar-refractivity contribution in [1.29, 1.82) is 0 Å². The van der Waals surface area contributed by atoms with Crippen LogP contribution in [-0.2, 0) is 42.7 Å². The molecule has 2 aliphatic carbocycles. The fourth-order valence-electron chi connectivity index (χ4n) is 9.84. The topological polar surface area (TPSA) is 139 Å². The van der Waals surface area contributed by atoms with Gasteiger partial charge in [0.15, 0.2) is 24.0 Å². The van der Waals surface area contributed by atoms with Crippen LogP contribution in [0.5, 0.6) is 0 Å². The van der Waals surface area contributed by atoms with Gasteiger partial charge in [-0.25, -0.2) is 0 Å². The number of aliphatic hydroxyl groups is 2. The fourth-order valence-corrected chi connectivity index (χ4v) is 9.84. The Morgan fingerprint density at radius 2 is 1.74 bits per heavy atom. The normalized spacial score (nSPS) is 47.5. The van der Waals surface area contributed by atoms with Crippen molar-refractivity contribution in [2.24, 2.45) is 23.7 Å². The van der Waals surface area contributed by atoms with Gasteiger partial charge in [0.05, 0.1) is 37.1 Å². The van der Waals surface area contributed by atoms with Crippen molar-refractivity contribution in [3.05, 3.63) is 59.3 Å². The summed E-state index contributed by atoms with van der Waals surface area (Å²) >= 11 is 0. The number of ketones is 1. The number of aliphatic hydroxyl groups excluding tert-OH is 1. The van der Waals surface area contributed by atoms with Gasteiger partial charge in [0.1, 0.15) is 23.7 Å². The first-order valence-electron chi connectivity index (χ1n) is 20.2. The van der Waals surface area contributed by atoms with Gasteiger partial charge < -0.3 is 43.4 Å². The summed E-state index contributed by atoms with van der Waals surface area (Å²) in [4.78, 5) is 27.6. The van der Waals surface area contributed by atoms with Crippen molar-refractivity contribution in [3.63, 3.8) is 0 Å². The molecule has 0 radical (unpaired) electrons. The number of Topliss-reactive ketones (excluding diaryl/α,β-unsaturated/α-hetero) is 1. The summed E-state index contributed by atoms with van der Waals surface area (Å²) in [5, 5.41) is 23.0. The Balaban J connectivity index is 1.25. The van der Waals surface area contributed by atoms with E-state index in [-0.39, 0.29) is 36.4 Å². The Morgan fingerprint density at radius 3 is 2.50 bits per heavy atom. The Hall–Kier alpha value is -2.48. The first-order valence-corrected chi connectivity index (χ1v) is 20.2. The molecule has 0 amide bonds. The maximum Gasteiger partial charge on any atom is 0.316 e. The molecule has 5 aliphatic heterocycles. The maximum absolute atomic E-state index is 14.3. The van der Waals surface area contributed by atoms with Gasteiger partial charge >= 0.3 is 5.97 Å². The number of hydrogen-bond donors (Lipinski definition) is 2. The zero-order valence-corrected chi connectivity index (χ0v) is 32.7. The predicted molar refractivity (Wildman–Crippen MR) is 199 cm³/mol. The van der Waals surface area contributed by atoms with E-state index in [0.717, 1.165) is 18.4 Å². The standard InChI is InChI=1S/C43H60O11/c1-24-11-10-14-30-23-49-40-36(44)27(4)19-33(43(30,40)47)41(46)51-32-20-31(16-15-25(2)38(24)52-35-21-34(48-6)37(45)28(5)50-35)53-42(22-32)18-17-26(3)39(54-42)29-12-8-7-9-13-29/h10-11,14-15,17-19,24,26,28-29,31-35,37-40,45,47H,7-9,12-13,16,20-23H2,1-6H3/b11-10+,25-15+,30-14+/t24-,26-,28-,31+,32-,33-,34-,35-,37-,38-,39-,40+,42+,43+/m0/s1. The van der Waals surface area contributed by atoms with Crippen LogP contribution >= 0.6 is 0 Å². The SMILES string of the molecule is CO[C@H]1C[C@H](O[C@@H]2/C(C)=C/C[C@@H]3C[C@@H](C[C@]4(C=C[C@H](C)[C@@H](C5CCCCC5)O4)O3)OC(=O)[C@@H]3C=C(C)C(=O)[C@H]4OC/C(=C\C=C\[C@@H]2C)[C@]43O)O[C@@H](C)[C@@H]1O. The third-order valence-electron chi connectivity index (χ3n) is 13.0. The molecule has 5 heterocycles. The van der Waals surface area contributed by atoms with Gasteiger partial charge in [0.2, 0.25) is 0 Å². The summed E-state index contributed by atoms with van der Waals surface area (Å²) < 4.78 is 44.6. The van der Waals surface area contributed by atoms with E-state index in [4.69, 9.17) is 33.2 Å².